The summed E-state index contributed by atoms with van der Waals surface area (Å²) >= 11 is 0. The zero-order chi connectivity index (χ0) is 20.0. The molecule has 144 valence electrons. The van der Waals surface area contributed by atoms with E-state index in [9.17, 15) is 19.8 Å². The molecule has 0 saturated carbocycles. The van der Waals surface area contributed by atoms with E-state index in [2.05, 4.69) is 5.32 Å². The maximum Gasteiger partial charge on any atom is 0.335 e. The maximum absolute atomic E-state index is 12.6. The number of carboxylic acids is 1. The monoisotopic (exact) mass is 373 g/mol. The van der Waals surface area contributed by atoms with Crippen molar-refractivity contribution < 1.29 is 29.3 Å². The number of hydrogen-bond acceptors (Lipinski definition) is 5. The maximum atomic E-state index is 12.6. The Hall–Kier alpha value is -2.90. The number of rotatable bonds is 8. The highest BCUT2D eigenvalue weighted by atomic mass is 16.7. The molecule has 27 heavy (non-hydrogen) atoms. The predicted octanol–water partition coefficient (Wildman–Crippen LogP) is 2.72. The van der Waals surface area contributed by atoms with Gasteiger partial charge in [0.25, 0.3) is 5.91 Å². The molecule has 0 aliphatic rings. The Balaban J connectivity index is 2.43. The number of benzene rings is 2. The molecule has 1 amide bonds. The Bertz CT molecular complexity index is 790. The molecule has 0 bridgehead atoms. The number of aromatic hydroxyl groups is 1. The molecule has 0 radical (unpaired) electrons. The van der Waals surface area contributed by atoms with Crippen molar-refractivity contribution >= 4 is 11.9 Å². The van der Waals surface area contributed by atoms with E-state index in [0.717, 1.165) is 0 Å². The first-order chi connectivity index (χ1) is 12.7. The van der Waals surface area contributed by atoms with Crippen LogP contribution in [-0.2, 0) is 14.3 Å². The molecule has 2 aromatic carbocycles. The number of carbonyl (C=O) groups excluding carboxylic acids is 1. The lowest BCUT2D eigenvalue weighted by Crippen LogP contribution is -2.46. The fraction of sp³-hybridized carbons (Fsp3) is 0.300. The molecule has 0 heterocycles. The summed E-state index contributed by atoms with van der Waals surface area (Å²) < 4.78 is 10.8. The molecular weight excluding hydrogens is 350 g/mol. The van der Waals surface area contributed by atoms with Crippen molar-refractivity contribution in [2.75, 3.05) is 7.11 Å². The summed E-state index contributed by atoms with van der Waals surface area (Å²) in [6, 6.07) is 13.4. The van der Waals surface area contributed by atoms with Crippen LogP contribution in [0.25, 0.3) is 0 Å². The minimum absolute atomic E-state index is 0.152. The number of aliphatic carboxylic acids is 1. The fourth-order valence-electron chi connectivity index (χ4n) is 2.50. The van der Waals surface area contributed by atoms with Crippen LogP contribution in [0.4, 0.5) is 0 Å². The van der Waals surface area contributed by atoms with Crippen molar-refractivity contribution in [2.45, 2.75) is 31.8 Å². The van der Waals surface area contributed by atoms with Gasteiger partial charge in [0, 0.05) is 18.2 Å². The standard InChI is InChI=1S/C20H23NO6/c1-20(2,26-3)27-17(19(24)25)16(14-11-7-8-12-15(14)22)21-18(23)13-9-5-4-6-10-13/h4-12,16-17,22H,1-3H3,(H,21,23)(H,24,25). The molecule has 7 heteroatoms. The first kappa shape index (κ1) is 20.4. The Morgan fingerprint density at radius 2 is 1.63 bits per heavy atom. The third-order valence-electron chi connectivity index (χ3n) is 4.04. The lowest BCUT2D eigenvalue weighted by atomic mass is 9.99. The molecule has 2 unspecified atom stereocenters. The van der Waals surface area contributed by atoms with E-state index in [1.165, 1.54) is 19.2 Å². The lowest BCUT2D eigenvalue weighted by Gasteiger charge is -2.32. The van der Waals surface area contributed by atoms with Crippen molar-refractivity contribution in [3.05, 3.63) is 65.7 Å². The van der Waals surface area contributed by atoms with Crippen LogP contribution in [0, 0.1) is 0 Å². The summed E-state index contributed by atoms with van der Waals surface area (Å²) in [5, 5.41) is 22.6. The number of nitrogens with one attached hydrogen (secondary N) is 1. The largest absolute Gasteiger partial charge is 0.508 e. The van der Waals surface area contributed by atoms with E-state index in [1.807, 2.05) is 0 Å². The average molecular weight is 373 g/mol. The van der Waals surface area contributed by atoms with Gasteiger partial charge in [-0.05, 0) is 32.0 Å². The van der Waals surface area contributed by atoms with Crippen LogP contribution in [0.1, 0.15) is 35.8 Å². The van der Waals surface area contributed by atoms with Crippen molar-refractivity contribution in [3.63, 3.8) is 0 Å². The number of carboxylic acid groups (broad SMARTS) is 1. The van der Waals surface area contributed by atoms with Gasteiger partial charge in [-0.1, -0.05) is 36.4 Å². The van der Waals surface area contributed by atoms with Crippen molar-refractivity contribution in [2.24, 2.45) is 0 Å². The quantitative estimate of drug-likeness (QED) is 0.615. The van der Waals surface area contributed by atoms with Crippen LogP contribution in [0.15, 0.2) is 54.6 Å². The molecule has 2 atom stereocenters. The first-order valence-corrected chi connectivity index (χ1v) is 8.35. The Morgan fingerprint density at radius 3 is 2.19 bits per heavy atom. The highest BCUT2D eigenvalue weighted by molar-refractivity contribution is 5.94. The van der Waals surface area contributed by atoms with Gasteiger partial charge >= 0.3 is 5.97 Å². The van der Waals surface area contributed by atoms with Crippen molar-refractivity contribution in [1.29, 1.82) is 0 Å². The van der Waals surface area contributed by atoms with E-state index in [-0.39, 0.29) is 11.3 Å². The van der Waals surface area contributed by atoms with Gasteiger partial charge in [-0.25, -0.2) is 4.79 Å². The average Bonchev–Trinajstić information content (AvgIpc) is 2.65. The minimum Gasteiger partial charge on any atom is -0.508 e. The van der Waals surface area contributed by atoms with Gasteiger partial charge < -0.3 is 25.0 Å². The third kappa shape index (κ3) is 5.29. The van der Waals surface area contributed by atoms with Crippen molar-refractivity contribution in [1.82, 2.24) is 5.32 Å². The smallest absolute Gasteiger partial charge is 0.335 e. The molecule has 2 rings (SSSR count). The van der Waals surface area contributed by atoms with Crippen LogP contribution >= 0.6 is 0 Å². The highest BCUT2D eigenvalue weighted by Gasteiger charge is 2.38. The SMILES string of the molecule is COC(C)(C)OC(C(=O)O)C(NC(=O)c1ccccc1)c1ccccc1O. The van der Waals surface area contributed by atoms with Crippen molar-refractivity contribution in [3.8, 4) is 5.75 Å². The molecule has 2 aromatic rings. The minimum atomic E-state index is -1.50. The van der Waals surface area contributed by atoms with Crippen LogP contribution in [0.3, 0.4) is 0 Å². The Kier molecular flexibility index (Phi) is 6.55. The molecule has 7 nitrogen and oxygen atoms in total. The number of para-hydroxylation sites is 1. The number of amides is 1. The number of carbonyl (C=O) groups is 2. The summed E-state index contributed by atoms with van der Waals surface area (Å²) in [6.45, 7) is 3.12. The number of methoxy groups -OCH3 is 1. The van der Waals surface area contributed by atoms with E-state index < -0.39 is 29.8 Å². The third-order valence-corrected chi connectivity index (χ3v) is 4.04. The topological polar surface area (TPSA) is 105 Å². The molecular formula is C20H23NO6. The van der Waals surface area contributed by atoms with E-state index >= 15 is 0 Å². The Morgan fingerprint density at radius 1 is 1.04 bits per heavy atom. The molecule has 0 aliphatic carbocycles. The molecule has 3 N–H and O–H groups in total. The van der Waals surface area contributed by atoms with Gasteiger partial charge in [-0.2, -0.15) is 0 Å². The van der Waals surface area contributed by atoms with Gasteiger partial charge in [0.05, 0.1) is 6.04 Å². The fourth-order valence-corrected chi connectivity index (χ4v) is 2.50. The number of phenolic OH excluding ortho intramolecular Hbond substituents is 1. The summed E-state index contributed by atoms with van der Waals surface area (Å²) in [4.78, 5) is 24.6. The van der Waals surface area contributed by atoms with Gasteiger partial charge in [-0.15, -0.1) is 0 Å². The van der Waals surface area contributed by atoms with Gasteiger partial charge in [0.1, 0.15) is 5.75 Å². The normalized spacial score (nSPS) is 13.6. The highest BCUT2D eigenvalue weighted by Crippen LogP contribution is 2.30. The molecule has 0 aromatic heterocycles. The second-order valence-corrected chi connectivity index (χ2v) is 6.36. The van der Waals surface area contributed by atoms with E-state index in [4.69, 9.17) is 9.47 Å². The second-order valence-electron chi connectivity index (χ2n) is 6.36. The van der Waals surface area contributed by atoms with E-state index in [0.29, 0.717) is 5.56 Å². The van der Waals surface area contributed by atoms with Gasteiger partial charge in [0.2, 0.25) is 0 Å². The zero-order valence-corrected chi connectivity index (χ0v) is 15.4. The molecule has 0 fully saturated rings. The summed E-state index contributed by atoms with van der Waals surface area (Å²) in [6.07, 6.45) is -1.50. The number of phenols is 1. The predicted molar refractivity (Wildman–Crippen MR) is 98.4 cm³/mol. The first-order valence-electron chi connectivity index (χ1n) is 8.35. The molecule has 0 spiro atoms. The number of ether oxygens (including phenoxy) is 2. The van der Waals surface area contributed by atoms with Gasteiger partial charge in [-0.3, -0.25) is 4.79 Å². The van der Waals surface area contributed by atoms with Crippen LogP contribution in [0.5, 0.6) is 5.75 Å². The van der Waals surface area contributed by atoms with Gasteiger partial charge in [0.15, 0.2) is 11.9 Å². The summed E-state index contributed by atoms with van der Waals surface area (Å²) in [5.41, 5.74) is 0.578. The second kappa shape index (κ2) is 8.66. The van der Waals surface area contributed by atoms with Crippen LogP contribution < -0.4 is 5.32 Å². The molecule has 0 saturated heterocycles. The Labute approximate surface area is 157 Å². The molecule has 0 aliphatic heterocycles. The summed E-state index contributed by atoms with van der Waals surface area (Å²) in [5.74, 6) is -3.17. The zero-order valence-electron chi connectivity index (χ0n) is 15.4. The van der Waals surface area contributed by atoms with Crippen LogP contribution in [-0.4, -0.2) is 41.1 Å². The van der Waals surface area contributed by atoms with Crippen LogP contribution in [0.2, 0.25) is 0 Å². The summed E-state index contributed by atoms with van der Waals surface area (Å²) in [7, 11) is 1.39. The lowest BCUT2D eigenvalue weighted by molar-refractivity contribution is -0.233. The van der Waals surface area contributed by atoms with E-state index in [1.54, 1.807) is 56.3 Å². The number of hydrogen-bond donors (Lipinski definition) is 3.